The summed E-state index contributed by atoms with van der Waals surface area (Å²) in [4.78, 5) is 0.137. The summed E-state index contributed by atoms with van der Waals surface area (Å²) in [5.41, 5.74) is 6.22. The number of hydrogen-bond acceptors (Lipinski definition) is 3. The maximum atomic E-state index is 10.9. The smallest absolute Gasteiger partial charge is 0.238 e. The van der Waals surface area contributed by atoms with Crippen molar-refractivity contribution in [2.45, 2.75) is 11.3 Å². The van der Waals surface area contributed by atoms with E-state index in [1.807, 2.05) is 6.07 Å². The Morgan fingerprint density at radius 1 is 1.31 bits per heavy atom. The van der Waals surface area contributed by atoms with Gasteiger partial charge in [-0.1, -0.05) is 12.1 Å². The molecule has 0 aromatic heterocycles. The number of sulfonamides is 1. The summed E-state index contributed by atoms with van der Waals surface area (Å²) in [6.07, 6.45) is 0.656. The van der Waals surface area contributed by atoms with E-state index in [2.05, 4.69) is 0 Å². The standard InChI is InChI=1S/C8H12N2O2S/c9-5-4-7-2-1-3-8(6-7)13(10,11)12/h1-3,6H,4-5,9H2,(H2,10,11,12). The van der Waals surface area contributed by atoms with Gasteiger partial charge < -0.3 is 5.73 Å². The SMILES string of the molecule is NCCc1cccc(S(N)(=O)=O)c1. The molecule has 1 aromatic carbocycles. The molecular formula is C8H12N2O2S. The average Bonchev–Trinajstić information content (AvgIpc) is 2.04. The van der Waals surface area contributed by atoms with Crippen molar-refractivity contribution in [1.29, 1.82) is 0 Å². The summed E-state index contributed by atoms with van der Waals surface area (Å²) in [5.74, 6) is 0. The first-order valence-corrected chi connectivity index (χ1v) is 5.40. The van der Waals surface area contributed by atoms with Crippen LogP contribution in [0, 0.1) is 0 Å². The molecule has 4 N–H and O–H groups in total. The summed E-state index contributed by atoms with van der Waals surface area (Å²) in [6, 6.07) is 6.49. The second kappa shape index (κ2) is 3.87. The topological polar surface area (TPSA) is 86.2 Å². The zero-order chi connectivity index (χ0) is 9.90. The van der Waals surface area contributed by atoms with Gasteiger partial charge in [-0.05, 0) is 30.7 Å². The van der Waals surface area contributed by atoms with Gasteiger partial charge in [0.05, 0.1) is 4.90 Å². The van der Waals surface area contributed by atoms with Crippen LogP contribution in [-0.2, 0) is 16.4 Å². The molecule has 0 aliphatic rings. The van der Waals surface area contributed by atoms with Gasteiger partial charge in [-0.3, -0.25) is 0 Å². The van der Waals surface area contributed by atoms with E-state index in [1.54, 1.807) is 12.1 Å². The zero-order valence-corrected chi connectivity index (χ0v) is 7.92. The molecule has 0 bridgehead atoms. The van der Waals surface area contributed by atoms with E-state index in [9.17, 15) is 8.42 Å². The van der Waals surface area contributed by atoms with E-state index in [-0.39, 0.29) is 4.90 Å². The molecular weight excluding hydrogens is 188 g/mol. The van der Waals surface area contributed by atoms with Crippen LogP contribution >= 0.6 is 0 Å². The minimum atomic E-state index is -3.58. The number of hydrogen-bond donors (Lipinski definition) is 2. The van der Waals surface area contributed by atoms with E-state index >= 15 is 0 Å². The highest BCUT2D eigenvalue weighted by molar-refractivity contribution is 7.89. The number of primary sulfonamides is 1. The van der Waals surface area contributed by atoms with E-state index in [1.165, 1.54) is 6.07 Å². The van der Waals surface area contributed by atoms with Gasteiger partial charge in [-0.25, -0.2) is 13.6 Å². The maximum absolute atomic E-state index is 10.9. The molecule has 0 aliphatic carbocycles. The third-order valence-corrected chi connectivity index (χ3v) is 2.57. The van der Waals surface area contributed by atoms with Gasteiger partial charge in [-0.2, -0.15) is 0 Å². The van der Waals surface area contributed by atoms with Gasteiger partial charge in [0, 0.05) is 0 Å². The number of nitrogens with two attached hydrogens (primary N) is 2. The maximum Gasteiger partial charge on any atom is 0.238 e. The van der Waals surface area contributed by atoms with Crippen molar-refractivity contribution in [3.05, 3.63) is 29.8 Å². The lowest BCUT2D eigenvalue weighted by Crippen LogP contribution is -2.12. The molecule has 0 atom stereocenters. The minimum Gasteiger partial charge on any atom is -0.330 e. The normalized spacial score (nSPS) is 11.5. The Hall–Kier alpha value is -0.910. The first kappa shape index (κ1) is 10.2. The lowest BCUT2D eigenvalue weighted by atomic mass is 10.2. The van der Waals surface area contributed by atoms with Crippen molar-refractivity contribution in [3.8, 4) is 0 Å². The average molecular weight is 200 g/mol. The van der Waals surface area contributed by atoms with Crippen LogP contribution in [0.5, 0.6) is 0 Å². The van der Waals surface area contributed by atoms with E-state index in [4.69, 9.17) is 10.9 Å². The molecule has 0 fully saturated rings. The Balaban J connectivity index is 3.06. The monoisotopic (exact) mass is 200 g/mol. The Morgan fingerprint density at radius 3 is 2.54 bits per heavy atom. The van der Waals surface area contributed by atoms with Gasteiger partial charge >= 0.3 is 0 Å². The Kier molecular flexibility index (Phi) is 3.02. The van der Waals surface area contributed by atoms with E-state index in [0.717, 1.165) is 5.56 Å². The highest BCUT2D eigenvalue weighted by atomic mass is 32.2. The van der Waals surface area contributed by atoms with Crippen molar-refractivity contribution in [2.75, 3.05) is 6.54 Å². The lowest BCUT2D eigenvalue weighted by molar-refractivity contribution is 0.597. The van der Waals surface area contributed by atoms with Crippen LogP contribution in [0.3, 0.4) is 0 Å². The fraction of sp³-hybridized carbons (Fsp3) is 0.250. The van der Waals surface area contributed by atoms with Crippen LogP contribution in [0.15, 0.2) is 29.2 Å². The minimum absolute atomic E-state index is 0.137. The molecule has 72 valence electrons. The van der Waals surface area contributed by atoms with Crippen molar-refractivity contribution < 1.29 is 8.42 Å². The highest BCUT2D eigenvalue weighted by Gasteiger charge is 2.06. The largest absolute Gasteiger partial charge is 0.330 e. The summed E-state index contributed by atoms with van der Waals surface area (Å²) >= 11 is 0. The molecule has 0 unspecified atom stereocenters. The molecule has 1 aromatic rings. The summed E-state index contributed by atoms with van der Waals surface area (Å²) < 4.78 is 21.9. The molecule has 0 heterocycles. The molecule has 4 nitrogen and oxygen atoms in total. The molecule has 1 rings (SSSR count). The van der Waals surface area contributed by atoms with Crippen LogP contribution in [0.25, 0.3) is 0 Å². The number of benzene rings is 1. The van der Waals surface area contributed by atoms with Gasteiger partial charge in [0.2, 0.25) is 10.0 Å². The van der Waals surface area contributed by atoms with Crippen LogP contribution in [0.4, 0.5) is 0 Å². The first-order valence-electron chi connectivity index (χ1n) is 3.86. The molecule has 5 heteroatoms. The van der Waals surface area contributed by atoms with Gasteiger partial charge in [0.1, 0.15) is 0 Å². The van der Waals surface area contributed by atoms with Crippen LogP contribution in [0.2, 0.25) is 0 Å². The second-order valence-corrected chi connectivity index (χ2v) is 4.29. The predicted molar refractivity (Wildman–Crippen MR) is 50.6 cm³/mol. The molecule has 0 spiro atoms. The van der Waals surface area contributed by atoms with Gasteiger partial charge in [0.15, 0.2) is 0 Å². The highest BCUT2D eigenvalue weighted by Crippen LogP contribution is 2.09. The first-order chi connectivity index (χ1) is 6.04. The summed E-state index contributed by atoms with van der Waals surface area (Å²) in [5, 5.41) is 4.96. The molecule has 0 radical (unpaired) electrons. The van der Waals surface area contributed by atoms with Crippen LogP contribution in [-0.4, -0.2) is 15.0 Å². The second-order valence-electron chi connectivity index (χ2n) is 2.73. The zero-order valence-electron chi connectivity index (χ0n) is 7.10. The van der Waals surface area contributed by atoms with Crippen molar-refractivity contribution in [2.24, 2.45) is 10.9 Å². The van der Waals surface area contributed by atoms with Gasteiger partial charge in [-0.15, -0.1) is 0 Å². The third-order valence-electron chi connectivity index (χ3n) is 1.66. The fourth-order valence-electron chi connectivity index (χ4n) is 1.04. The summed E-state index contributed by atoms with van der Waals surface area (Å²) in [6.45, 7) is 0.494. The quantitative estimate of drug-likeness (QED) is 0.710. The van der Waals surface area contributed by atoms with Gasteiger partial charge in [0.25, 0.3) is 0 Å². The predicted octanol–water partition coefficient (Wildman–Crippen LogP) is -0.165. The van der Waals surface area contributed by atoms with Crippen LogP contribution < -0.4 is 10.9 Å². The van der Waals surface area contributed by atoms with E-state index in [0.29, 0.717) is 13.0 Å². The third kappa shape index (κ3) is 2.80. The fourth-order valence-corrected chi connectivity index (χ4v) is 1.63. The lowest BCUT2D eigenvalue weighted by Gasteiger charge is -2.01. The van der Waals surface area contributed by atoms with E-state index < -0.39 is 10.0 Å². The molecule has 0 saturated carbocycles. The Morgan fingerprint density at radius 2 is 2.00 bits per heavy atom. The van der Waals surface area contributed by atoms with Crippen molar-refractivity contribution in [1.82, 2.24) is 0 Å². The van der Waals surface area contributed by atoms with Crippen molar-refractivity contribution in [3.63, 3.8) is 0 Å². The molecule has 0 aliphatic heterocycles. The molecule has 0 saturated heterocycles. The number of rotatable bonds is 3. The summed E-state index contributed by atoms with van der Waals surface area (Å²) in [7, 11) is -3.58. The molecule has 13 heavy (non-hydrogen) atoms. The van der Waals surface area contributed by atoms with Crippen molar-refractivity contribution >= 4 is 10.0 Å². The molecule has 0 amide bonds. The Bertz CT molecular complexity index is 387. The Labute approximate surface area is 77.6 Å². The van der Waals surface area contributed by atoms with Crippen LogP contribution in [0.1, 0.15) is 5.56 Å².